The summed E-state index contributed by atoms with van der Waals surface area (Å²) in [6.45, 7) is -0.778. The Morgan fingerprint density at radius 1 is 1.10 bits per heavy atom. The van der Waals surface area contributed by atoms with E-state index < -0.39 is 30.4 Å². The fraction of sp³-hybridized carbons (Fsp3) is 0.308. The topological polar surface area (TPSA) is 122 Å². The summed E-state index contributed by atoms with van der Waals surface area (Å²) in [4.78, 5) is 33.1. The summed E-state index contributed by atoms with van der Waals surface area (Å²) in [6, 6.07) is 8.50. The monoisotopic (exact) mass is 279 g/mol. The molecule has 0 aliphatic carbocycles. The highest BCUT2D eigenvalue weighted by molar-refractivity contribution is 5.88. The largest absolute Gasteiger partial charge is 0.480 e. The number of hydrogen-bond donors (Lipinski definition) is 4. The second kappa shape index (κ2) is 7.90. The van der Waals surface area contributed by atoms with Crippen molar-refractivity contribution in [3.8, 4) is 0 Å². The Balaban J connectivity index is 2.31. The van der Waals surface area contributed by atoms with Crippen LogP contribution < -0.4 is 16.4 Å². The number of nitrogens with one attached hydrogen (secondary N) is 2. The molecule has 0 saturated heterocycles. The van der Waals surface area contributed by atoms with E-state index in [0.29, 0.717) is 6.42 Å². The van der Waals surface area contributed by atoms with E-state index in [4.69, 9.17) is 10.8 Å². The molecule has 108 valence electrons. The van der Waals surface area contributed by atoms with E-state index >= 15 is 0 Å². The Kier molecular flexibility index (Phi) is 6.18. The van der Waals surface area contributed by atoms with Crippen molar-refractivity contribution in [1.82, 2.24) is 10.6 Å². The zero-order valence-electron chi connectivity index (χ0n) is 10.8. The van der Waals surface area contributed by atoms with Crippen LogP contribution >= 0.6 is 0 Å². The first-order chi connectivity index (χ1) is 9.49. The van der Waals surface area contributed by atoms with Gasteiger partial charge in [0.05, 0.1) is 12.6 Å². The number of amides is 2. The number of carbonyl (C=O) groups excluding carboxylic acids is 2. The maximum Gasteiger partial charge on any atom is 0.322 e. The van der Waals surface area contributed by atoms with E-state index in [2.05, 4.69) is 10.6 Å². The van der Waals surface area contributed by atoms with Crippen LogP contribution in [0, 0.1) is 0 Å². The normalized spacial score (nSPS) is 11.4. The van der Waals surface area contributed by atoms with E-state index in [9.17, 15) is 14.4 Å². The zero-order valence-corrected chi connectivity index (χ0v) is 10.8. The van der Waals surface area contributed by atoms with Gasteiger partial charge in [0.25, 0.3) is 0 Å². The summed E-state index contributed by atoms with van der Waals surface area (Å²) in [5, 5.41) is 12.9. The molecule has 7 nitrogen and oxygen atoms in total. The van der Waals surface area contributed by atoms with Crippen molar-refractivity contribution in [2.24, 2.45) is 5.73 Å². The molecule has 0 saturated carbocycles. The fourth-order valence-electron chi connectivity index (χ4n) is 1.50. The predicted octanol–water partition coefficient (Wildman–Crippen LogP) is -1.13. The van der Waals surface area contributed by atoms with Crippen LogP contribution in [0.2, 0.25) is 0 Å². The maximum absolute atomic E-state index is 11.7. The van der Waals surface area contributed by atoms with E-state index in [1.54, 1.807) is 0 Å². The van der Waals surface area contributed by atoms with E-state index in [0.717, 1.165) is 5.56 Å². The van der Waals surface area contributed by atoms with Crippen LogP contribution in [-0.4, -0.2) is 42.0 Å². The average molecular weight is 279 g/mol. The molecule has 0 bridgehead atoms. The summed E-state index contributed by atoms with van der Waals surface area (Å²) in [6.07, 6.45) is 0.365. The summed E-state index contributed by atoms with van der Waals surface area (Å²) >= 11 is 0. The maximum atomic E-state index is 11.7. The van der Waals surface area contributed by atoms with Gasteiger partial charge in [-0.2, -0.15) is 0 Å². The first-order valence-corrected chi connectivity index (χ1v) is 6.04. The molecule has 1 atom stereocenters. The number of carboxylic acid groups (broad SMARTS) is 1. The number of nitrogens with two attached hydrogens (primary N) is 1. The summed E-state index contributed by atoms with van der Waals surface area (Å²) < 4.78 is 0. The van der Waals surface area contributed by atoms with Crippen LogP contribution in [0.4, 0.5) is 0 Å². The molecule has 2 amide bonds. The molecule has 1 rings (SSSR count). The number of benzene rings is 1. The van der Waals surface area contributed by atoms with Gasteiger partial charge >= 0.3 is 5.97 Å². The quantitative estimate of drug-likeness (QED) is 0.503. The first kappa shape index (κ1) is 15.6. The Bertz CT molecular complexity index is 476. The third-order valence-electron chi connectivity index (χ3n) is 2.50. The molecule has 7 heteroatoms. The molecule has 1 aromatic carbocycles. The van der Waals surface area contributed by atoms with Gasteiger partial charge in [-0.1, -0.05) is 30.3 Å². The smallest absolute Gasteiger partial charge is 0.322 e. The van der Waals surface area contributed by atoms with Crippen LogP contribution in [0.25, 0.3) is 0 Å². The van der Waals surface area contributed by atoms with Crippen LogP contribution in [0.15, 0.2) is 30.3 Å². The summed E-state index contributed by atoms with van der Waals surface area (Å²) in [5.74, 6) is -2.18. The molecule has 20 heavy (non-hydrogen) atoms. The number of carboxylic acids is 1. The second-order valence-electron chi connectivity index (χ2n) is 4.18. The molecule has 0 heterocycles. The molecule has 0 aliphatic heterocycles. The Labute approximate surface area is 116 Å². The number of rotatable bonds is 7. The predicted molar refractivity (Wildman–Crippen MR) is 71.8 cm³/mol. The molecule has 5 N–H and O–H groups in total. The van der Waals surface area contributed by atoms with Gasteiger partial charge in [0, 0.05) is 0 Å². The molecule has 0 radical (unpaired) electrons. The number of carbonyl (C=O) groups is 3. The van der Waals surface area contributed by atoms with Crippen molar-refractivity contribution in [2.45, 2.75) is 12.5 Å². The van der Waals surface area contributed by atoms with Gasteiger partial charge in [-0.15, -0.1) is 0 Å². The lowest BCUT2D eigenvalue weighted by molar-refractivity contribution is -0.137. The first-order valence-electron chi connectivity index (χ1n) is 6.04. The van der Waals surface area contributed by atoms with Gasteiger partial charge in [-0.05, 0) is 12.0 Å². The van der Waals surface area contributed by atoms with Crippen LogP contribution in [0.5, 0.6) is 0 Å². The molecule has 0 spiro atoms. The minimum atomic E-state index is -1.15. The lowest BCUT2D eigenvalue weighted by atomic mass is 10.1. The minimum Gasteiger partial charge on any atom is -0.480 e. The van der Waals surface area contributed by atoms with Crippen molar-refractivity contribution < 1.29 is 19.5 Å². The molecule has 1 unspecified atom stereocenters. The van der Waals surface area contributed by atoms with Crippen molar-refractivity contribution in [3.05, 3.63) is 35.9 Å². The molecule has 0 fully saturated rings. The van der Waals surface area contributed by atoms with Crippen molar-refractivity contribution in [1.29, 1.82) is 0 Å². The lowest BCUT2D eigenvalue weighted by Crippen LogP contribution is -2.46. The average Bonchev–Trinajstić information content (AvgIpc) is 2.43. The lowest BCUT2D eigenvalue weighted by Gasteiger charge is -2.12. The highest BCUT2D eigenvalue weighted by atomic mass is 16.4. The molecule has 0 aliphatic rings. The highest BCUT2D eigenvalue weighted by Gasteiger charge is 2.14. The van der Waals surface area contributed by atoms with E-state index in [1.807, 2.05) is 30.3 Å². The zero-order chi connectivity index (χ0) is 15.0. The summed E-state index contributed by atoms with van der Waals surface area (Å²) in [7, 11) is 0. The van der Waals surface area contributed by atoms with Crippen LogP contribution in [-0.2, 0) is 20.8 Å². The second-order valence-corrected chi connectivity index (χ2v) is 4.18. The Hall–Kier alpha value is -2.41. The van der Waals surface area contributed by atoms with Gasteiger partial charge in [-0.3, -0.25) is 14.4 Å². The van der Waals surface area contributed by atoms with E-state index in [-0.39, 0.29) is 6.54 Å². The van der Waals surface area contributed by atoms with Gasteiger partial charge in [0.1, 0.15) is 6.54 Å². The molecule has 1 aromatic rings. The number of aliphatic carboxylic acids is 1. The third-order valence-corrected chi connectivity index (χ3v) is 2.50. The third kappa shape index (κ3) is 5.96. The van der Waals surface area contributed by atoms with Gasteiger partial charge in [-0.25, -0.2) is 0 Å². The van der Waals surface area contributed by atoms with Gasteiger partial charge in [0.2, 0.25) is 11.8 Å². The van der Waals surface area contributed by atoms with Crippen molar-refractivity contribution >= 4 is 17.8 Å². The Morgan fingerprint density at radius 3 is 2.35 bits per heavy atom. The molecular weight excluding hydrogens is 262 g/mol. The SMILES string of the molecule is NC(Cc1ccccc1)C(=O)NCC(=O)NCC(=O)O. The highest BCUT2D eigenvalue weighted by Crippen LogP contribution is 2.01. The van der Waals surface area contributed by atoms with Crippen molar-refractivity contribution in [3.63, 3.8) is 0 Å². The van der Waals surface area contributed by atoms with Crippen LogP contribution in [0.1, 0.15) is 5.56 Å². The van der Waals surface area contributed by atoms with Crippen LogP contribution in [0.3, 0.4) is 0 Å². The number of hydrogen-bond acceptors (Lipinski definition) is 4. The van der Waals surface area contributed by atoms with Crippen molar-refractivity contribution in [2.75, 3.05) is 13.1 Å². The van der Waals surface area contributed by atoms with Gasteiger partial charge in [0.15, 0.2) is 0 Å². The molecule has 0 aromatic heterocycles. The summed E-state index contributed by atoms with van der Waals surface area (Å²) in [5.41, 5.74) is 6.64. The molecular formula is C13H17N3O4. The van der Waals surface area contributed by atoms with Gasteiger partial charge < -0.3 is 21.5 Å². The standard InChI is InChI=1S/C13H17N3O4/c14-10(6-9-4-2-1-3-5-9)13(20)16-7-11(17)15-8-12(18)19/h1-5,10H,6-8,14H2,(H,15,17)(H,16,20)(H,18,19). The minimum absolute atomic E-state index is 0.297. The Morgan fingerprint density at radius 2 is 1.75 bits per heavy atom. The van der Waals surface area contributed by atoms with E-state index in [1.165, 1.54) is 0 Å². The fourth-order valence-corrected chi connectivity index (χ4v) is 1.50.